The molecule has 2 heterocycles. The zero-order chi connectivity index (χ0) is 25.4. The highest BCUT2D eigenvalue weighted by Gasteiger charge is 2.16. The van der Waals surface area contributed by atoms with Gasteiger partial charge in [-0.2, -0.15) is 4.80 Å². The summed E-state index contributed by atoms with van der Waals surface area (Å²) in [5.41, 5.74) is 6.98. The molecule has 7 nitrogen and oxygen atoms in total. The fourth-order valence-corrected chi connectivity index (χ4v) is 4.06. The van der Waals surface area contributed by atoms with Gasteiger partial charge in [0.2, 0.25) is 0 Å². The lowest BCUT2D eigenvalue weighted by Crippen LogP contribution is -2.33. The number of aromatic nitrogens is 3. The number of amides is 1. The van der Waals surface area contributed by atoms with E-state index in [4.69, 9.17) is 28.2 Å². The molecule has 0 aliphatic carbocycles. The average Bonchev–Trinajstić information content (AvgIpc) is 3.49. The second kappa shape index (κ2) is 9.56. The number of hydrogen-bond acceptors (Lipinski definition) is 5. The molecule has 3 aromatic carbocycles. The number of hydrogen-bond donors (Lipinski definition) is 2. The van der Waals surface area contributed by atoms with Crippen LogP contribution in [0.15, 0.2) is 71.1 Å². The highest BCUT2D eigenvalue weighted by molar-refractivity contribution is 7.80. The van der Waals surface area contributed by atoms with E-state index in [0.717, 1.165) is 22.4 Å². The molecule has 5 aromatic rings. The van der Waals surface area contributed by atoms with E-state index in [1.165, 1.54) is 5.56 Å². The normalized spacial score (nSPS) is 11.0. The van der Waals surface area contributed by atoms with Gasteiger partial charge in [0.15, 0.2) is 10.9 Å². The molecule has 0 aliphatic rings. The molecule has 1 amide bonds. The molecule has 0 saturated heterocycles. The van der Waals surface area contributed by atoms with Gasteiger partial charge in [0.05, 0.1) is 16.4 Å². The number of anilines is 1. The summed E-state index contributed by atoms with van der Waals surface area (Å²) in [6, 6.07) is 20.7. The molecule has 0 atom stereocenters. The molecule has 0 saturated carbocycles. The van der Waals surface area contributed by atoms with Crippen LogP contribution >= 0.6 is 23.8 Å². The number of nitrogens with zero attached hydrogens (tertiary/aromatic N) is 3. The molecule has 0 fully saturated rings. The van der Waals surface area contributed by atoms with Crippen LogP contribution in [0.25, 0.3) is 28.0 Å². The molecule has 36 heavy (non-hydrogen) atoms. The molecule has 5 rings (SSSR count). The number of thiocarbonyl (C=S) groups is 1. The summed E-state index contributed by atoms with van der Waals surface area (Å²) in [7, 11) is 0. The fraction of sp³-hybridized carbons (Fsp3) is 0.111. The van der Waals surface area contributed by atoms with Gasteiger partial charge in [-0.1, -0.05) is 41.4 Å². The summed E-state index contributed by atoms with van der Waals surface area (Å²) in [5, 5.41) is 15.1. The van der Waals surface area contributed by atoms with Gasteiger partial charge >= 0.3 is 0 Å². The van der Waals surface area contributed by atoms with Gasteiger partial charge in [0, 0.05) is 5.56 Å². The Labute approximate surface area is 218 Å². The van der Waals surface area contributed by atoms with Crippen molar-refractivity contribution in [2.45, 2.75) is 20.8 Å². The van der Waals surface area contributed by atoms with Crippen LogP contribution in [0.2, 0.25) is 5.02 Å². The fourth-order valence-electron chi connectivity index (χ4n) is 3.66. The monoisotopic (exact) mass is 515 g/mol. The van der Waals surface area contributed by atoms with E-state index in [-0.39, 0.29) is 10.9 Å². The number of nitrogens with one attached hydrogen (secondary N) is 2. The maximum absolute atomic E-state index is 12.7. The first kappa shape index (κ1) is 23.7. The average molecular weight is 516 g/mol. The number of aryl methyl sites for hydroxylation is 3. The van der Waals surface area contributed by atoms with Gasteiger partial charge in [0.25, 0.3) is 5.91 Å². The Morgan fingerprint density at radius 1 is 0.917 bits per heavy atom. The Kier molecular flexibility index (Phi) is 6.30. The van der Waals surface area contributed by atoms with E-state index in [1.54, 1.807) is 29.1 Å². The number of rotatable bonds is 4. The van der Waals surface area contributed by atoms with Gasteiger partial charge in [0.1, 0.15) is 16.8 Å². The second-order valence-electron chi connectivity index (χ2n) is 8.52. The van der Waals surface area contributed by atoms with Crippen molar-refractivity contribution >= 4 is 51.6 Å². The molecular formula is C27H22ClN5O2S. The Hall–Kier alpha value is -4.01. The molecule has 2 N–H and O–H groups in total. The molecule has 0 radical (unpaired) electrons. The minimum atomic E-state index is -0.468. The summed E-state index contributed by atoms with van der Waals surface area (Å²) in [5.74, 6) is 0.285. The van der Waals surface area contributed by atoms with E-state index in [1.807, 2.05) is 63.2 Å². The van der Waals surface area contributed by atoms with Crippen LogP contribution in [0.3, 0.4) is 0 Å². The second-order valence-corrected chi connectivity index (χ2v) is 9.33. The van der Waals surface area contributed by atoms with Crippen LogP contribution in [0, 0.1) is 20.8 Å². The van der Waals surface area contributed by atoms with Crippen molar-refractivity contribution < 1.29 is 9.21 Å². The molecule has 0 aliphatic heterocycles. The summed E-state index contributed by atoms with van der Waals surface area (Å²) in [4.78, 5) is 14.3. The van der Waals surface area contributed by atoms with E-state index in [9.17, 15) is 4.79 Å². The first-order chi connectivity index (χ1) is 17.3. The molecular weight excluding hydrogens is 494 g/mol. The molecule has 0 spiro atoms. The zero-order valence-corrected chi connectivity index (χ0v) is 21.4. The van der Waals surface area contributed by atoms with Gasteiger partial charge in [-0.25, -0.2) is 0 Å². The lowest BCUT2D eigenvalue weighted by Gasteiger charge is -2.10. The van der Waals surface area contributed by atoms with Crippen molar-refractivity contribution in [2.24, 2.45) is 0 Å². The summed E-state index contributed by atoms with van der Waals surface area (Å²) >= 11 is 11.8. The van der Waals surface area contributed by atoms with Gasteiger partial charge < -0.3 is 9.73 Å². The van der Waals surface area contributed by atoms with Crippen LogP contribution in [-0.2, 0) is 0 Å². The standard InChI is InChI=1S/C27H22ClN5O2S/c1-15-4-8-19(9-5-15)33-31-22-13-20(28)21(14-23(22)32-33)29-27(36)30-26(34)25-11-10-24(35-25)18-7-6-16(2)17(3)12-18/h4-14H,1-3H3,(H2,29,30,34,36). The van der Waals surface area contributed by atoms with Crippen LogP contribution in [0.5, 0.6) is 0 Å². The first-order valence-corrected chi connectivity index (χ1v) is 12.0. The van der Waals surface area contributed by atoms with E-state index in [0.29, 0.717) is 27.5 Å². The van der Waals surface area contributed by atoms with Crippen LogP contribution in [0.1, 0.15) is 27.2 Å². The molecule has 2 aromatic heterocycles. The maximum Gasteiger partial charge on any atom is 0.293 e. The van der Waals surface area contributed by atoms with Gasteiger partial charge in [-0.15, -0.1) is 10.2 Å². The predicted octanol–water partition coefficient (Wildman–Crippen LogP) is 6.39. The molecule has 9 heteroatoms. The number of carbonyl (C=O) groups is 1. The molecule has 0 bridgehead atoms. The van der Waals surface area contributed by atoms with Crippen LogP contribution in [0.4, 0.5) is 5.69 Å². The van der Waals surface area contributed by atoms with Crippen molar-refractivity contribution in [3.05, 3.63) is 94.2 Å². The third kappa shape index (κ3) is 4.86. The van der Waals surface area contributed by atoms with Crippen molar-refractivity contribution in [1.82, 2.24) is 20.3 Å². The topological polar surface area (TPSA) is 85.0 Å². The Balaban J connectivity index is 1.29. The maximum atomic E-state index is 12.7. The smallest absolute Gasteiger partial charge is 0.293 e. The third-order valence-corrected chi connectivity index (χ3v) is 6.35. The van der Waals surface area contributed by atoms with Crippen molar-refractivity contribution in [1.29, 1.82) is 0 Å². The summed E-state index contributed by atoms with van der Waals surface area (Å²) in [6.45, 7) is 6.10. The number of fused-ring (bicyclic) bond motifs is 1. The number of halogens is 1. The number of carbonyl (C=O) groups excluding carboxylic acids is 1. The number of benzene rings is 3. The molecule has 180 valence electrons. The van der Waals surface area contributed by atoms with Crippen LogP contribution < -0.4 is 10.6 Å². The Morgan fingerprint density at radius 2 is 1.64 bits per heavy atom. The SMILES string of the molecule is Cc1ccc(-n2nc3cc(Cl)c(NC(=S)NC(=O)c4ccc(-c5ccc(C)c(C)c5)o4)cc3n2)cc1. The third-order valence-electron chi connectivity index (χ3n) is 5.83. The van der Waals surface area contributed by atoms with E-state index >= 15 is 0 Å². The lowest BCUT2D eigenvalue weighted by molar-refractivity contribution is 0.0951. The van der Waals surface area contributed by atoms with Crippen molar-refractivity contribution in [3.63, 3.8) is 0 Å². The van der Waals surface area contributed by atoms with Gasteiger partial charge in [-0.05, 0) is 86.6 Å². The Bertz CT molecular complexity index is 1620. The van der Waals surface area contributed by atoms with Crippen molar-refractivity contribution in [3.8, 4) is 17.0 Å². The lowest BCUT2D eigenvalue weighted by atomic mass is 10.1. The minimum absolute atomic E-state index is 0.0799. The minimum Gasteiger partial charge on any atom is -0.451 e. The van der Waals surface area contributed by atoms with E-state index < -0.39 is 5.91 Å². The summed E-state index contributed by atoms with van der Waals surface area (Å²) in [6.07, 6.45) is 0. The zero-order valence-electron chi connectivity index (χ0n) is 19.8. The largest absolute Gasteiger partial charge is 0.451 e. The van der Waals surface area contributed by atoms with Gasteiger partial charge in [-0.3, -0.25) is 10.1 Å². The highest BCUT2D eigenvalue weighted by Crippen LogP contribution is 2.27. The quantitative estimate of drug-likeness (QED) is 0.270. The highest BCUT2D eigenvalue weighted by atomic mass is 35.5. The van der Waals surface area contributed by atoms with Crippen molar-refractivity contribution in [2.75, 3.05) is 5.32 Å². The summed E-state index contributed by atoms with van der Waals surface area (Å²) < 4.78 is 5.76. The van der Waals surface area contributed by atoms with Crippen LogP contribution in [-0.4, -0.2) is 26.0 Å². The Morgan fingerprint density at radius 3 is 2.36 bits per heavy atom. The first-order valence-electron chi connectivity index (χ1n) is 11.2. The number of furan rings is 1. The predicted molar refractivity (Wildman–Crippen MR) is 146 cm³/mol. The molecule has 0 unspecified atom stereocenters. The van der Waals surface area contributed by atoms with E-state index in [2.05, 4.69) is 20.8 Å².